The third-order valence-electron chi connectivity index (χ3n) is 17.2. The zero-order valence-corrected chi connectivity index (χ0v) is 47.1. The van der Waals surface area contributed by atoms with Crippen molar-refractivity contribution in [1.29, 1.82) is 0 Å². The van der Waals surface area contributed by atoms with E-state index in [1.807, 2.05) is 22.7 Å². The molecule has 0 bridgehead atoms. The van der Waals surface area contributed by atoms with Crippen molar-refractivity contribution < 1.29 is 0 Å². The molecular formula is C76H49N3S2Si. The molecule has 0 atom stereocenters. The van der Waals surface area contributed by atoms with Crippen molar-refractivity contribution >= 4 is 159 Å². The van der Waals surface area contributed by atoms with Crippen molar-refractivity contribution in [2.45, 2.75) is 0 Å². The minimum atomic E-state index is -3.20. The molecule has 0 amide bonds. The Labute approximate surface area is 483 Å². The quantitative estimate of drug-likeness (QED) is 0.141. The zero-order chi connectivity index (χ0) is 53.9. The highest BCUT2D eigenvalue weighted by Gasteiger charge is 2.49. The fourth-order valence-electron chi connectivity index (χ4n) is 13.6. The highest BCUT2D eigenvalue weighted by molar-refractivity contribution is 7.27. The van der Waals surface area contributed by atoms with E-state index in [9.17, 15) is 0 Å². The molecule has 1 aliphatic heterocycles. The number of rotatable bonds is 8. The predicted octanol–water partition coefficient (Wildman–Crippen LogP) is 19.0. The first-order chi connectivity index (χ1) is 40.7. The maximum absolute atomic E-state index is 3.20. The van der Waals surface area contributed by atoms with Gasteiger partial charge in [0, 0.05) is 90.9 Å². The number of thiophene rings is 2. The SMILES string of the molecule is c1ccc(N2c3ccccc3[Si](c3ccc4c(c3)sc3ccccc34)(c3ccc4c(c3)sc3ccccc34)c3ccc(N(c4ccc(-c5cccc6ccccc56)cc4)c4ccc(-n5c6ccccc6c6ccccc65)cc4)cc32)cc1. The van der Waals surface area contributed by atoms with Gasteiger partial charge in [-0.3, -0.25) is 0 Å². The molecule has 384 valence electrons. The Kier molecular flexibility index (Phi) is 10.7. The molecule has 4 heterocycles. The van der Waals surface area contributed by atoms with Crippen LogP contribution in [-0.2, 0) is 0 Å². The molecule has 0 spiro atoms. The third kappa shape index (κ3) is 7.12. The Bertz CT molecular complexity index is 5020. The summed E-state index contributed by atoms with van der Waals surface area (Å²) in [5, 5.41) is 15.7. The summed E-state index contributed by atoms with van der Waals surface area (Å²) >= 11 is 3.81. The summed E-state index contributed by atoms with van der Waals surface area (Å²) < 4.78 is 7.67. The standard InChI is InChI=1S/C76H49N3S2Si/c1-2-19-52(20-3-1)79-69-29-12-15-32-75(69)82(57-42-44-65-63-24-8-13-30-71(63)80-73(65)48-57,58-43-45-66-64-25-9-14-31-72(64)81-74(66)49-58)76-46-41-56(47-70(76)79)77(53-35-33-51(34-36-53)60-26-16-18-50-17-4-5-21-59(50)60)54-37-39-55(40-38-54)78-67-27-10-6-22-61(67)62-23-7-11-28-68(62)78/h1-49H. The van der Waals surface area contributed by atoms with E-state index in [-0.39, 0.29) is 0 Å². The number of benzene rings is 13. The summed E-state index contributed by atoms with van der Waals surface area (Å²) in [6.45, 7) is 0. The fraction of sp³-hybridized carbons (Fsp3) is 0. The highest BCUT2D eigenvalue weighted by atomic mass is 32.1. The average molecular weight is 1100 g/mol. The predicted molar refractivity (Wildman–Crippen MR) is 356 cm³/mol. The Balaban J connectivity index is 0.920. The van der Waals surface area contributed by atoms with E-state index < -0.39 is 8.07 Å². The van der Waals surface area contributed by atoms with Gasteiger partial charge in [0.1, 0.15) is 0 Å². The van der Waals surface area contributed by atoms with Crippen molar-refractivity contribution in [3.05, 3.63) is 297 Å². The van der Waals surface area contributed by atoms with E-state index in [0.717, 1.165) is 28.4 Å². The van der Waals surface area contributed by atoms with Gasteiger partial charge in [-0.05, 0) is 146 Å². The second-order valence-electron chi connectivity index (χ2n) is 21.6. The lowest BCUT2D eigenvalue weighted by Gasteiger charge is -2.45. The number of fused-ring (bicyclic) bond motifs is 12. The maximum Gasteiger partial charge on any atom is 0.184 e. The molecule has 1 aliphatic rings. The van der Waals surface area contributed by atoms with Gasteiger partial charge in [-0.25, -0.2) is 0 Å². The smallest absolute Gasteiger partial charge is 0.184 e. The number of hydrogen-bond acceptors (Lipinski definition) is 4. The number of aromatic nitrogens is 1. The van der Waals surface area contributed by atoms with Crippen LogP contribution < -0.4 is 30.5 Å². The summed E-state index contributed by atoms with van der Waals surface area (Å²) in [6, 6.07) is 112. The third-order valence-corrected chi connectivity index (χ3v) is 24.3. The van der Waals surface area contributed by atoms with Gasteiger partial charge < -0.3 is 14.4 Å². The molecular weight excluding hydrogens is 1050 g/mol. The molecule has 6 heteroatoms. The average Bonchev–Trinajstić information content (AvgIpc) is 1.14. The van der Waals surface area contributed by atoms with Gasteiger partial charge in [-0.1, -0.05) is 194 Å². The van der Waals surface area contributed by atoms with E-state index >= 15 is 0 Å². The number of anilines is 6. The van der Waals surface area contributed by atoms with Gasteiger partial charge in [0.25, 0.3) is 0 Å². The van der Waals surface area contributed by atoms with Gasteiger partial charge in [0.2, 0.25) is 0 Å². The number of para-hydroxylation sites is 4. The number of hydrogen-bond donors (Lipinski definition) is 0. The lowest BCUT2D eigenvalue weighted by Crippen LogP contribution is -2.77. The van der Waals surface area contributed by atoms with E-state index in [0.29, 0.717) is 0 Å². The Morgan fingerprint density at radius 2 is 0.805 bits per heavy atom. The van der Waals surface area contributed by atoms with Crippen LogP contribution >= 0.6 is 22.7 Å². The van der Waals surface area contributed by atoms with Crippen molar-refractivity contribution in [3.8, 4) is 16.8 Å². The van der Waals surface area contributed by atoms with Crippen LogP contribution in [0.4, 0.5) is 34.1 Å². The highest BCUT2D eigenvalue weighted by Crippen LogP contribution is 2.45. The van der Waals surface area contributed by atoms with Gasteiger partial charge in [0.05, 0.1) is 11.0 Å². The van der Waals surface area contributed by atoms with Crippen molar-refractivity contribution in [3.63, 3.8) is 0 Å². The minimum Gasteiger partial charge on any atom is -0.311 e. The Hall–Kier alpha value is -9.82. The minimum absolute atomic E-state index is 1.07. The molecule has 3 nitrogen and oxygen atoms in total. The van der Waals surface area contributed by atoms with Crippen LogP contribution in [0.5, 0.6) is 0 Å². The van der Waals surface area contributed by atoms with Crippen LogP contribution in [-0.4, -0.2) is 12.6 Å². The first-order valence-corrected chi connectivity index (χ1v) is 31.7. The molecule has 82 heavy (non-hydrogen) atoms. The van der Waals surface area contributed by atoms with Crippen LogP contribution in [0.25, 0.3) is 89.7 Å². The van der Waals surface area contributed by atoms with Crippen LogP contribution in [0.1, 0.15) is 0 Å². The van der Waals surface area contributed by atoms with E-state index in [1.165, 1.54) is 116 Å². The maximum atomic E-state index is 2.57. The first kappa shape index (κ1) is 47.0. The van der Waals surface area contributed by atoms with Crippen molar-refractivity contribution in [2.75, 3.05) is 9.80 Å². The van der Waals surface area contributed by atoms with Crippen molar-refractivity contribution in [1.82, 2.24) is 4.57 Å². The summed E-state index contributed by atoms with van der Waals surface area (Å²) in [5.74, 6) is 0. The summed E-state index contributed by atoms with van der Waals surface area (Å²) in [5.41, 5.74) is 12.6. The second-order valence-corrected chi connectivity index (χ2v) is 27.5. The van der Waals surface area contributed by atoms with Crippen LogP contribution in [0.3, 0.4) is 0 Å². The van der Waals surface area contributed by atoms with Crippen LogP contribution in [0.2, 0.25) is 0 Å². The van der Waals surface area contributed by atoms with Crippen LogP contribution in [0, 0.1) is 0 Å². The van der Waals surface area contributed by atoms with Crippen LogP contribution in [0.15, 0.2) is 297 Å². The molecule has 0 fully saturated rings. The number of nitrogens with zero attached hydrogens (tertiary/aromatic N) is 3. The van der Waals surface area contributed by atoms with Gasteiger partial charge >= 0.3 is 0 Å². The van der Waals surface area contributed by atoms with E-state index in [4.69, 9.17) is 0 Å². The fourth-order valence-corrected chi connectivity index (χ4v) is 21.2. The molecule has 0 aliphatic carbocycles. The normalized spacial score (nSPS) is 13.0. The van der Waals surface area contributed by atoms with Gasteiger partial charge in [-0.2, -0.15) is 0 Å². The van der Waals surface area contributed by atoms with Crippen molar-refractivity contribution in [2.24, 2.45) is 0 Å². The second kappa shape index (κ2) is 18.6. The zero-order valence-electron chi connectivity index (χ0n) is 44.4. The Morgan fingerprint density at radius 1 is 0.305 bits per heavy atom. The molecule has 16 aromatic rings. The summed E-state index contributed by atoms with van der Waals surface area (Å²) in [6.07, 6.45) is 0. The molecule has 0 saturated carbocycles. The molecule has 3 aromatic heterocycles. The molecule has 17 rings (SSSR count). The molecule has 0 radical (unpaired) electrons. The van der Waals surface area contributed by atoms with E-state index in [2.05, 4.69) is 312 Å². The largest absolute Gasteiger partial charge is 0.311 e. The molecule has 0 N–H and O–H groups in total. The Morgan fingerprint density at radius 3 is 1.46 bits per heavy atom. The lowest BCUT2D eigenvalue weighted by molar-refractivity contribution is 1.17. The topological polar surface area (TPSA) is 11.4 Å². The molecule has 13 aromatic carbocycles. The molecule has 0 saturated heterocycles. The first-order valence-electron chi connectivity index (χ1n) is 28.1. The van der Waals surface area contributed by atoms with E-state index in [1.54, 1.807) is 0 Å². The lowest BCUT2D eigenvalue weighted by atomic mass is 9.98. The summed E-state index contributed by atoms with van der Waals surface area (Å²) in [4.78, 5) is 5.00. The monoisotopic (exact) mass is 1100 g/mol. The van der Waals surface area contributed by atoms with Gasteiger partial charge in [-0.15, -0.1) is 22.7 Å². The summed E-state index contributed by atoms with van der Waals surface area (Å²) in [7, 11) is -3.20. The van der Waals surface area contributed by atoms with Gasteiger partial charge in [0.15, 0.2) is 8.07 Å². The molecule has 0 unspecified atom stereocenters.